The Bertz CT molecular complexity index is 446. The summed E-state index contributed by atoms with van der Waals surface area (Å²) in [5.41, 5.74) is 1.04. The van der Waals surface area contributed by atoms with Gasteiger partial charge in [0.05, 0.1) is 0 Å². The van der Waals surface area contributed by atoms with Crippen molar-refractivity contribution in [3.05, 3.63) is 23.9 Å². The summed E-state index contributed by atoms with van der Waals surface area (Å²) in [7, 11) is 0. The van der Waals surface area contributed by atoms with E-state index in [4.69, 9.17) is 0 Å². The first-order valence-electron chi connectivity index (χ1n) is 5.99. The summed E-state index contributed by atoms with van der Waals surface area (Å²) in [6.45, 7) is 3.96. The maximum absolute atomic E-state index is 10.8. The number of nitrogens with zero attached hydrogens (tertiary/aromatic N) is 2. The van der Waals surface area contributed by atoms with Gasteiger partial charge in [-0.25, -0.2) is 4.98 Å². The maximum Gasteiger partial charge on any atom is 0.222 e. The molecule has 0 unspecified atom stereocenters. The molecule has 0 spiro atoms. The fourth-order valence-corrected chi connectivity index (χ4v) is 1.62. The molecule has 0 saturated carbocycles. The van der Waals surface area contributed by atoms with Gasteiger partial charge in [0, 0.05) is 32.8 Å². The zero-order chi connectivity index (χ0) is 12.8. The van der Waals surface area contributed by atoms with Crippen molar-refractivity contribution in [1.82, 2.24) is 15.6 Å². The lowest BCUT2D eigenvalue weighted by Crippen LogP contribution is -2.40. The van der Waals surface area contributed by atoms with Gasteiger partial charge in [-0.15, -0.1) is 24.0 Å². The van der Waals surface area contributed by atoms with E-state index in [1.165, 1.54) is 6.92 Å². The molecule has 0 fully saturated rings. The Hall–Kier alpha value is -1.38. The van der Waals surface area contributed by atoms with E-state index in [1.807, 2.05) is 6.07 Å². The van der Waals surface area contributed by atoms with Crippen molar-refractivity contribution in [2.24, 2.45) is 4.99 Å². The average molecular weight is 375 g/mol. The molecule has 1 aromatic heterocycles. The van der Waals surface area contributed by atoms with Gasteiger partial charge in [-0.2, -0.15) is 0 Å². The number of pyridine rings is 1. The molecule has 7 heteroatoms. The molecule has 0 aliphatic carbocycles. The van der Waals surface area contributed by atoms with Crippen LogP contribution in [0, 0.1) is 0 Å². The van der Waals surface area contributed by atoms with Crippen LogP contribution in [0.5, 0.6) is 0 Å². The first-order chi connectivity index (χ1) is 8.74. The molecule has 1 aliphatic rings. The van der Waals surface area contributed by atoms with E-state index in [1.54, 1.807) is 12.3 Å². The molecule has 0 atom stereocenters. The molecule has 6 nitrogen and oxygen atoms in total. The number of carbonyl (C=O) groups is 1. The van der Waals surface area contributed by atoms with Crippen molar-refractivity contribution in [1.29, 1.82) is 0 Å². The molecule has 19 heavy (non-hydrogen) atoms. The predicted octanol–water partition coefficient (Wildman–Crippen LogP) is 1.10. The third-order valence-corrected chi connectivity index (χ3v) is 2.49. The van der Waals surface area contributed by atoms with E-state index in [9.17, 15) is 4.79 Å². The van der Waals surface area contributed by atoms with Gasteiger partial charge in [0.1, 0.15) is 5.82 Å². The van der Waals surface area contributed by atoms with Gasteiger partial charge in [0.15, 0.2) is 5.96 Å². The van der Waals surface area contributed by atoms with Crippen molar-refractivity contribution < 1.29 is 4.79 Å². The highest BCUT2D eigenvalue weighted by Gasteiger charge is 2.03. The number of aliphatic imine (C=N–C) groups is 1. The van der Waals surface area contributed by atoms with Crippen molar-refractivity contribution in [2.45, 2.75) is 19.9 Å². The lowest BCUT2D eigenvalue weighted by atomic mass is 10.3. The molecule has 0 radical (unpaired) electrons. The lowest BCUT2D eigenvalue weighted by molar-refractivity contribution is -0.114. The van der Waals surface area contributed by atoms with Gasteiger partial charge >= 0.3 is 0 Å². The van der Waals surface area contributed by atoms with E-state index in [0.29, 0.717) is 12.4 Å². The highest BCUT2D eigenvalue weighted by atomic mass is 127. The van der Waals surface area contributed by atoms with Gasteiger partial charge < -0.3 is 16.0 Å². The largest absolute Gasteiger partial charge is 0.356 e. The van der Waals surface area contributed by atoms with Crippen LogP contribution in [0.2, 0.25) is 0 Å². The Balaban J connectivity index is 0.00000180. The van der Waals surface area contributed by atoms with Gasteiger partial charge in [-0.1, -0.05) is 6.07 Å². The summed E-state index contributed by atoms with van der Waals surface area (Å²) < 4.78 is 0. The van der Waals surface area contributed by atoms with Crippen LogP contribution in [-0.4, -0.2) is 29.9 Å². The standard InChI is InChI=1S/C12H17N5O.HI/c1-9(18)17-11-4-3-10(7-15-11)8-16-12-13-5-2-6-14-12;/h3-4,7H,2,5-6,8H2,1H3,(H2,13,14,16)(H,15,17,18);1H. The second kappa shape index (κ2) is 7.93. The number of hydrogen-bond donors (Lipinski definition) is 3. The zero-order valence-electron chi connectivity index (χ0n) is 10.8. The molecular weight excluding hydrogens is 357 g/mol. The van der Waals surface area contributed by atoms with Crippen LogP contribution in [0.4, 0.5) is 5.82 Å². The molecule has 1 amide bonds. The van der Waals surface area contributed by atoms with Crippen molar-refractivity contribution in [2.75, 3.05) is 18.4 Å². The molecule has 3 N–H and O–H groups in total. The molecule has 2 heterocycles. The van der Waals surface area contributed by atoms with Crippen LogP contribution in [0.1, 0.15) is 18.9 Å². The first kappa shape index (κ1) is 15.7. The molecule has 0 aromatic carbocycles. The number of anilines is 1. The third kappa shape index (κ3) is 5.41. The summed E-state index contributed by atoms with van der Waals surface area (Å²) in [6.07, 6.45) is 2.82. The maximum atomic E-state index is 10.8. The van der Waals surface area contributed by atoms with Crippen LogP contribution >= 0.6 is 24.0 Å². The SMILES string of the molecule is CC(=O)Nc1ccc(CNC2=NCCCN2)cn1.I. The minimum atomic E-state index is -0.117. The number of halogens is 1. The van der Waals surface area contributed by atoms with Crippen LogP contribution in [0.15, 0.2) is 23.3 Å². The number of aromatic nitrogens is 1. The van der Waals surface area contributed by atoms with Gasteiger partial charge in [-0.05, 0) is 18.1 Å². The Morgan fingerprint density at radius 2 is 2.32 bits per heavy atom. The van der Waals surface area contributed by atoms with E-state index in [2.05, 4.69) is 25.9 Å². The molecule has 1 aliphatic heterocycles. The smallest absolute Gasteiger partial charge is 0.222 e. The van der Waals surface area contributed by atoms with Crippen molar-refractivity contribution in [3.63, 3.8) is 0 Å². The summed E-state index contributed by atoms with van der Waals surface area (Å²) in [6, 6.07) is 3.71. The van der Waals surface area contributed by atoms with Crippen LogP contribution in [0.3, 0.4) is 0 Å². The van der Waals surface area contributed by atoms with Crippen molar-refractivity contribution >= 4 is 41.7 Å². The molecule has 104 valence electrons. The number of amides is 1. The van der Waals surface area contributed by atoms with Gasteiger partial charge in [0.2, 0.25) is 5.91 Å². The summed E-state index contributed by atoms with van der Waals surface area (Å²) in [5, 5.41) is 9.03. The average Bonchev–Trinajstić information content (AvgIpc) is 2.38. The van der Waals surface area contributed by atoms with Gasteiger partial charge in [-0.3, -0.25) is 9.79 Å². The Labute approximate surface area is 129 Å². The molecule has 2 rings (SSSR count). The summed E-state index contributed by atoms with van der Waals surface area (Å²) >= 11 is 0. The van der Waals surface area contributed by atoms with E-state index in [-0.39, 0.29) is 29.9 Å². The van der Waals surface area contributed by atoms with Crippen molar-refractivity contribution in [3.8, 4) is 0 Å². The Morgan fingerprint density at radius 1 is 1.47 bits per heavy atom. The lowest BCUT2D eigenvalue weighted by Gasteiger charge is -2.15. The van der Waals surface area contributed by atoms with E-state index < -0.39 is 0 Å². The number of rotatable bonds is 3. The van der Waals surface area contributed by atoms with Gasteiger partial charge in [0.25, 0.3) is 0 Å². The van der Waals surface area contributed by atoms with E-state index >= 15 is 0 Å². The molecule has 0 saturated heterocycles. The minimum absolute atomic E-state index is 0. The first-order valence-corrected chi connectivity index (χ1v) is 5.99. The number of hydrogen-bond acceptors (Lipinski definition) is 5. The second-order valence-corrected chi connectivity index (χ2v) is 4.10. The fraction of sp³-hybridized carbons (Fsp3) is 0.417. The highest BCUT2D eigenvalue weighted by Crippen LogP contribution is 2.04. The van der Waals surface area contributed by atoms with Crippen LogP contribution in [0.25, 0.3) is 0 Å². The summed E-state index contributed by atoms with van der Waals surface area (Å²) in [4.78, 5) is 19.3. The summed E-state index contributed by atoms with van der Waals surface area (Å²) in [5.74, 6) is 1.29. The normalized spacial score (nSPS) is 13.6. The molecular formula is C12H18IN5O. The topological polar surface area (TPSA) is 78.4 Å². The Morgan fingerprint density at radius 3 is 2.89 bits per heavy atom. The van der Waals surface area contributed by atoms with Crippen LogP contribution in [-0.2, 0) is 11.3 Å². The molecule has 0 bridgehead atoms. The predicted molar refractivity (Wildman–Crippen MR) is 85.7 cm³/mol. The monoisotopic (exact) mass is 375 g/mol. The number of carbonyl (C=O) groups excluding carboxylic acids is 1. The number of nitrogens with one attached hydrogen (secondary N) is 3. The Kier molecular flexibility index (Phi) is 6.54. The zero-order valence-corrected chi connectivity index (χ0v) is 13.1. The number of guanidine groups is 1. The fourth-order valence-electron chi connectivity index (χ4n) is 1.62. The highest BCUT2D eigenvalue weighted by molar-refractivity contribution is 14.0. The van der Waals surface area contributed by atoms with E-state index in [0.717, 1.165) is 31.0 Å². The van der Waals surface area contributed by atoms with Crippen LogP contribution < -0.4 is 16.0 Å². The third-order valence-electron chi connectivity index (χ3n) is 2.49. The quantitative estimate of drug-likeness (QED) is 0.692. The second-order valence-electron chi connectivity index (χ2n) is 4.10. The molecule has 1 aromatic rings. The minimum Gasteiger partial charge on any atom is -0.356 e.